The Morgan fingerprint density at radius 1 is 0.885 bits per heavy atom. The first-order valence-electron chi connectivity index (χ1n) is 10.0. The molecule has 4 nitrogen and oxygen atoms in total. The average Bonchev–Trinajstić information content (AvgIpc) is 2.61. The van der Waals surface area contributed by atoms with Crippen LogP contribution in [0.1, 0.15) is 84.0 Å². The molecule has 0 heterocycles. The molecule has 0 aliphatic rings. The number of unbranched alkanes of at least 4 members (excludes halogenated alkanes) is 11. The Morgan fingerprint density at radius 2 is 1.38 bits per heavy atom. The van der Waals surface area contributed by atoms with Crippen LogP contribution in [0.5, 0.6) is 0 Å². The summed E-state index contributed by atoms with van der Waals surface area (Å²) in [5, 5.41) is 0.262. The van der Waals surface area contributed by atoms with E-state index < -0.39 is 10.0 Å². The Hall–Kier alpha value is -0.780. The van der Waals surface area contributed by atoms with Crippen molar-refractivity contribution in [3.8, 4) is 0 Å². The van der Waals surface area contributed by atoms with Crippen molar-refractivity contribution in [2.75, 3.05) is 12.3 Å². The molecule has 0 saturated carbocycles. The van der Waals surface area contributed by atoms with E-state index >= 15 is 0 Å². The van der Waals surface area contributed by atoms with E-state index in [1.807, 2.05) is 0 Å². The fourth-order valence-electron chi connectivity index (χ4n) is 3.00. The van der Waals surface area contributed by atoms with Gasteiger partial charge in [-0.3, -0.25) is 0 Å². The molecule has 6 heteroatoms. The summed E-state index contributed by atoms with van der Waals surface area (Å²) in [4.78, 5) is 0.0592. The smallest absolute Gasteiger partial charge is 0.242 e. The first-order chi connectivity index (χ1) is 12.5. The van der Waals surface area contributed by atoms with E-state index in [2.05, 4.69) is 11.6 Å². The molecule has 1 aromatic carbocycles. The molecule has 0 unspecified atom stereocenters. The van der Waals surface area contributed by atoms with Crippen LogP contribution in [0.2, 0.25) is 5.02 Å². The predicted molar refractivity (Wildman–Crippen MR) is 112 cm³/mol. The number of rotatable bonds is 15. The van der Waals surface area contributed by atoms with Crippen LogP contribution in [-0.4, -0.2) is 15.0 Å². The number of hydrogen-bond acceptors (Lipinski definition) is 3. The van der Waals surface area contributed by atoms with E-state index in [-0.39, 0.29) is 15.6 Å². The third-order valence-corrected chi connectivity index (χ3v) is 6.47. The molecule has 0 saturated heterocycles. The highest BCUT2D eigenvalue weighted by molar-refractivity contribution is 7.89. The lowest BCUT2D eigenvalue weighted by Gasteiger charge is -2.10. The van der Waals surface area contributed by atoms with Crippen molar-refractivity contribution in [3.63, 3.8) is 0 Å². The summed E-state index contributed by atoms with van der Waals surface area (Å²) >= 11 is 5.89. The van der Waals surface area contributed by atoms with E-state index in [9.17, 15) is 8.42 Å². The fourth-order valence-corrected chi connectivity index (χ4v) is 4.46. The zero-order chi connectivity index (χ0) is 19.3. The van der Waals surface area contributed by atoms with Gasteiger partial charge in [0.15, 0.2) is 0 Å². The summed E-state index contributed by atoms with van der Waals surface area (Å²) in [7, 11) is -3.59. The summed E-state index contributed by atoms with van der Waals surface area (Å²) in [6, 6.07) is 4.66. The van der Waals surface area contributed by atoms with Gasteiger partial charge in [0.25, 0.3) is 0 Å². The third-order valence-electron chi connectivity index (χ3n) is 4.62. The lowest BCUT2D eigenvalue weighted by molar-refractivity contribution is 0.540. The van der Waals surface area contributed by atoms with E-state index in [1.54, 1.807) is 12.1 Å². The van der Waals surface area contributed by atoms with Gasteiger partial charge in [-0.15, -0.1) is 0 Å². The Labute approximate surface area is 164 Å². The van der Waals surface area contributed by atoms with Crippen molar-refractivity contribution in [2.24, 2.45) is 0 Å². The normalized spacial score (nSPS) is 11.8. The topological polar surface area (TPSA) is 72.2 Å². The average molecular weight is 403 g/mol. The van der Waals surface area contributed by atoms with Gasteiger partial charge in [-0.2, -0.15) is 0 Å². The quantitative estimate of drug-likeness (QED) is 0.283. The molecule has 0 aliphatic carbocycles. The van der Waals surface area contributed by atoms with Crippen molar-refractivity contribution < 1.29 is 8.42 Å². The molecule has 26 heavy (non-hydrogen) atoms. The molecule has 0 radical (unpaired) electrons. The number of benzene rings is 1. The number of anilines is 1. The minimum Gasteiger partial charge on any atom is -0.396 e. The molecule has 0 atom stereocenters. The van der Waals surface area contributed by atoms with Crippen LogP contribution in [-0.2, 0) is 10.0 Å². The largest absolute Gasteiger partial charge is 0.396 e. The molecule has 1 aromatic rings. The highest BCUT2D eigenvalue weighted by Crippen LogP contribution is 2.26. The van der Waals surface area contributed by atoms with Crippen LogP contribution in [0.3, 0.4) is 0 Å². The van der Waals surface area contributed by atoms with E-state index in [1.165, 1.54) is 63.9 Å². The molecule has 0 amide bonds. The second-order valence-electron chi connectivity index (χ2n) is 6.94. The van der Waals surface area contributed by atoms with Gasteiger partial charge in [-0.25, -0.2) is 13.1 Å². The van der Waals surface area contributed by atoms with Gasteiger partial charge < -0.3 is 5.73 Å². The van der Waals surface area contributed by atoms with Crippen molar-refractivity contribution in [3.05, 3.63) is 23.2 Å². The summed E-state index contributed by atoms with van der Waals surface area (Å²) in [5.74, 6) is 0. The van der Waals surface area contributed by atoms with Crippen LogP contribution in [0.4, 0.5) is 5.69 Å². The molecule has 0 bridgehead atoms. The molecule has 3 N–H and O–H groups in total. The Kier molecular flexibility index (Phi) is 12.0. The van der Waals surface area contributed by atoms with Gasteiger partial charge >= 0.3 is 0 Å². The molecule has 0 aromatic heterocycles. The molecule has 0 fully saturated rings. The van der Waals surface area contributed by atoms with Crippen LogP contribution in [0, 0.1) is 0 Å². The number of hydrogen-bond donors (Lipinski definition) is 2. The lowest BCUT2D eigenvalue weighted by Crippen LogP contribution is -2.25. The van der Waals surface area contributed by atoms with Gasteiger partial charge in [0, 0.05) is 6.54 Å². The number of nitrogen functional groups attached to an aromatic ring is 1. The van der Waals surface area contributed by atoms with Gasteiger partial charge in [-0.05, 0) is 18.6 Å². The number of nitrogens with two attached hydrogens (primary N) is 1. The molecule has 0 aliphatic heterocycles. The maximum atomic E-state index is 12.3. The number of halogens is 1. The molecular weight excluding hydrogens is 368 g/mol. The number of nitrogens with one attached hydrogen (secondary N) is 1. The predicted octanol–water partition coefficient (Wildman–Crippen LogP) is 5.90. The van der Waals surface area contributed by atoms with Gasteiger partial charge in [0.05, 0.1) is 10.7 Å². The summed E-state index contributed by atoms with van der Waals surface area (Å²) in [6.07, 6.45) is 15.1. The Balaban J connectivity index is 2.06. The molecule has 0 spiro atoms. The fraction of sp³-hybridized carbons (Fsp3) is 0.700. The Bertz CT molecular complexity index is 606. The zero-order valence-corrected chi connectivity index (χ0v) is 17.7. The molecule has 150 valence electrons. The molecular formula is C20H35ClN2O2S. The second-order valence-corrected chi connectivity index (χ2v) is 9.08. The third kappa shape index (κ3) is 9.24. The van der Waals surface area contributed by atoms with Crippen LogP contribution in [0.25, 0.3) is 0 Å². The zero-order valence-electron chi connectivity index (χ0n) is 16.1. The van der Waals surface area contributed by atoms with Gasteiger partial charge in [0.2, 0.25) is 10.0 Å². The first-order valence-corrected chi connectivity index (χ1v) is 11.9. The van der Waals surface area contributed by atoms with Crippen molar-refractivity contribution in [1.82, 2.24) is 4.72 Å². The monoisotopic (exact) mass is 402 g/mol. The summed E-state index contributed by atoms with van der Waals surface area (Å²) < 4.78 is 27.1. The standard InChI is InChI=1S/C20H35ClN2O2S/c1-2-3-4-5-6-7-8-9-10-11-12-13-17-23-26(24,25)19-16-14-15-18(21)20(19)22/h14-16,23H,2-13,17,22H2,1H3. The van der Waals surface area contributed by atoms with Gasteiger partial charge in [0.1, 0.15) is 4.90 Å². The Morgan fingerprint density at radius 3 is 1.92 bits per heavy atom. The minimum atomic E-state index is -3.59. The second kappa shape index (κ2) is 13.4. The van der Waals surface area contributed by atoms with E-state index in [0.717, 1.165) is 19.3 Å². The van der Waals surface area contributed by atoms with Crippen molar-refractivity contribution in [2.45, 2.75) is 88.9 Å². The first kappa shape index (κ1) is 23.3. The molecule has 1 rings (SSSR count). The SMILES string of the molecule is CCCCCCCCCCCCCCNS(=O)(=O)c1cccc(Cl)c1N. The van der Waals surface area contributed by atoms with E-state index in [0.29, 0.717) is 6.54 Å². The summed E-state index contributed by atoms with van der Waals surface area (Å²) in [5.41, 5.74) is 5.87. The number of sulfonamides is 1. The van der Waals surface area contributed by atoms with Crippen molar-refractivity contribution >= 4 is 27.3 Å². The maximum Gasteiger partial charge on any atom is 0.242 e. The number of para-hydroxylation sites is 1. The summed E-state index contributed by atoms with van der Waals surface area (Å²) in [6.45, 7) is 2.68. The maximum absolute atomic E-state index is 12.3. The highest BCUT2D eigenvalue weighted by Gasteiger charge is 2.17. The van der Waals surface area contributed by atoms with Crippen LogP contribution < -0.4 is 10.5 Å². The van der Waals surface area contributed by atoms with Crippen molar-refractivity contribution in [1.29, 1.82) is 0 Å². The van der Waals surface area contributed by atoms with Gasteiger partial charge in [-0.1, -0.05) is 95.2 Å². The lowest BCUT2D eigenvalue weighted by atomic mass is 10.1. The van der Waals surface area contributed by atoms with E-state index in [4.69, 9.17) is 17.3 Å². The highest BCUT2D eigenvalue weighted by atomic mass is 35.5. The van der Waals surface area contributed by atoms with Crippen LogP contribution in [0.15, 0.2) is 23.1 Å². The van der Waals surface area contributed by atoms with Crippen LogP contribution >= 0.6 is 11.6 Å². The minimum absolute atomic E-state index is 0.0592.